The van der Waals surface area contributed by atoms with E-state index in [1.165, 1.54) is 21.0 Å². The first kappa shape index (κ1) is 21.2. The van der Waals surface area contributed by atoms with E-state index < -0.39 is 30.4 Å². The topological polar surface area (TPSA) is 108 Å². The summed E-state index contributed by atoms with van der Waals surface area (Å²) in [6, 6.07) is -0.642. The molecule has 132 valence electrons. The van der Waals surface area contributed by atoms with Gasteiger partial charge >= 0.3 is 18.0 Å². The summed E-state index contributed by atoms with van der Waals surface area (Å²) in [6.07, 6.45) is -2.03. The van der Waals surface area contributed by atoms with Crippen LogP contribution in [0.5, 0.6) is 0 Å². The largest absolute Gasteiger partial charge is 0.469 e. The quantitative estimate of drug-likeness (QED) is 0.518. The standard InChI is InChI=1S/C14H23NO7S/c1-8(2)13(18)21-10(4)22-14(19)15-11(6-12(17)20-5)7-23-9(3)16/h8,10-11H,6-7H2,1-5H3,(H,15,19). The maximum Gasteiger partial charge on any atom is 0.410 e. The lowest BCUT2D eigenvalue weighted by Crippen LogP contribution is -2.40. The normalized spacial score (nSPS) is 13.0. The van der Waals surface area contributed by atoms with Crippen LogP contribution in [-0.2, 0) is 28.6 Å². The zero-order valence-corrected chi connectivity index (χ0v) is 14.7. The molecule has 0 bridgehead atoms. The lowest BCUT2D eigenvalue weighted by Gasteiger charge is -2.19. The predicted molar refractivity (Wildman–Crippen MR) is 83.6 cm³/mol. The van der Waals surface area contributed by atoms with Crippen molar-refractivity contribution in [3.63, 3.8) is 0 Å². The van der Waals surface area contributed by atoms with Crippen LogP contribution in [0.15, 0.2) is 0 Å². The molecule has 0 aromatic heterocycles. The van der Waals surface area contributed by atoms with E-state index in [4.69, 9.17) is 9.47 Å². The van der Waals surface area contributed by atoms with Crippen molar-refractivity contribution in [3.8, 4) is 0 Å². The van der Waals surface area contributed by atoms with Crippen LogP contribution in [0.3, 0.4) is 0 Å². The molecule has 0 aliphatic rings. The summed E-state index contributed by atoms with van der Waals surface area (Å²) in [7, 11) is 1.23. The van der Waals surface area contributed by atoms with Crippen molar-refractivity contribution in [3.05, 3.63) is 0 Å². The molecule has 0 radical (unpaired) electrons. The Labute approximate surface area is 139 Å². The van der Waals surface area contributed by atoms with Gasteiger partial charge in [-0.3, -0.25) is 14.4 Å². The number of carbonyl (C=O) groups is 4. The number of rotatable bonds is 8. The van der Waals surface area contributed by atoms with Crippen LogP contribution in [0.2, 0.25) is 0 Å². The zero-order chi connectivity index (χ0) is 18.0. The summed E-state index contributed by atoms with van der Waals surface area (Å²) in [4.78, 5) is 45.5. The smallest absolute Gasteiger partial charge is 0.410 e. The third kappa shape index (κ3) is 10.6. The van der Waals surface area contributed by atoms with Crippen molar-refractivity contribution in [1.82, 2.24) is 5.32 Å². The number of hydrogen-bond donors (Lipinski definition) is 1. The number of esters is 2. The monoisotopic (exact) mass is 349 g/mol. The second-order valence-electron chi connectivity index (χ2n) is 4.99. The van der Waals surface area contributed by atoms with Gasteiger partial charge in [-0.05, 0) is 0 Å². The Morgan fingerprint density at radius 3 is 2.17 bits per heavy atom. The van der Waals surface area contributed by atoms with E-state index in [0.717, 1.165) is 11.8 Å². The van der Waals surface area contributed by atoms with Crippen molar-refractivity contribution in [2.45, 2.75) is 46.4 Å². The molecule has 0 saturated carbocycles. The Hall–Kier alpha value is -1.77. The van der Waals surface area contributed by atoms with Gasteiger partial charge in [0, 0.05) is 19.6 Å². The number of hydrogen-bond acceptors (Lipinski definition) is 8. The second-order valence-corrected chi connectivity index (χ2v) is 6.19. The molecule has 0 aromatic rings. The molecule has 0 rings (SSSR count). The van der Waals surface area contributed by atoms with E-state index in [9.17, 15) is 19.2 Å². The Morgan fingerprint density at radius 1 is 1.09 bits per heavy atom. The van der Waals surface area contributed by atoms with Gasteiger partial charge in [0.05, 0.1) is 25.5 Å². The minimum Gasteiger partial charge on any atom is -0.469 e. The molecule has 1 N–H and O–H groups in total. The molecule has 9 heteroatoms. The molecule has 0 heterocycles. The number of thioether (sulfide) groups is 1. The molecule has 23 heavy (non-hydrogen) atoms. The summed E-state index contributed by atoms with van der Waals surface area (Å²) in [5, 5.41) is 2.30. The van der Waals surface area contributed by atoms with Crippen molar-refractivity contribution < 1.29 is 33.4 Å². The number of ether oxygens (including phenoxy) is 3. The van der Waals surface area contributed by atoms with Crippen LogP contribution in [-0.4, -0.2) is 48.3 Å². The molecule has 0 spiro atoms. The van der Waals surface area contributed by atoms with E-state index in [0.29, 0.717) is 0 Å². The van der Waals surface area contributed by atoms with Gasteiger partial charge in [-0.25, -0.2) is 4.79 Å². The second kappa shape index (κ2) is 10.9. The van der Waals surface area contributed by atoms with Gasteiger partial charge in [-0.1, -0.05) is 25.6 Å². The number of methoxy groups -OCH3 is 1. The van der Waals surface area contributed by atoms with Crippen molar-refractivity contribution in [2.24, 2.45) is 5.92 Å². The molecular formula is C14H23NO7S. The fourth-order valence-electron chi connectivity index (χ4n) is 1.33. The summed E-state index contributed by atoms with van der Waals surface area (Å²) in [5.41, 5.74) is 0. The van der Waals surface area contributed by atoms with Crippen LogP contribution in [0.25, 0.3) is 0 Å². The molecule has 1 amide bonds. The van der Waals surface area contributed by atoms with Gasteiger partial charge < -0.3 is 19.5 Å². The maximum absolute atomic E-state index is 11.8. The highest BCUT2D eigenvalue weighted by atomic mass is 32.2. The fraction of sp³-hybridized carbons (Fsp3) is 0.714. The number of alkyl carbamates (subject to hydrolysis) is 1. The van der Waals surface area contributed by atoms with Crippen molar-refractivity contribution >= 4 is 34.9 Å². The van der Waals surface area contributed by atoms with E-state index in [1.54, 1.807) is 13.8 Å². The number of nitrogens with one attached hydrogen (secondary N) is 1. The Kier molecular flexibility index (Phi) is 10.0. The molecule has 0 fully saturated rings. The molecular weight excluding hydrogens is 326 g/mol. The van der Waals surface area contributed by atoms with Crippen LogP contribution in [0.4, 0.5) is 4.79 Å². The fourth-order valence-corrected chi connectivity index (χ4v) is 1.97. The first-order valence-electron chi connectivity index (χ1n) is 7.03. The van der Waals surface area contributed by atoms with Crippen LogP contribution in [0.1, 0.15) is 34.1 Å². The van der Waals surface area contributed by atoms with Gasteiger partial charge in [0.25, 0.3) is 0 Å². The van der Waals surface area contributed by atoms with Gasteiger partial charge in [0.15, 0.2) is 5.12 Å². The summed E-state index contributed by atoms with van der Waals surface area (Å²) >= 11 is 0.965. The van der Waals surface area contributed by atoms with E-state index in [1.807, 2.05) is 0 Å². The number of carbonyl (C=O) groups excluding carboxylic acids is 4. The molecule has 2 atom stereocenters. The van der Waals surface area contributed by atoms with E-state index in [-0.39, 0.29) is 23.2 Å². The number of amides is 1. The minimum atomic E-state index is -1.07. The van der Waals surface area contributed by atoms with Crippen molar-refractivity contribution in [2.75, 3.05) is 12.9 Å². The van der Waals surface area contributed by atoms with Gasteiger partial charge in [-0.2, -0.15) is 0 Å². The third-order valence-electron chi connectivity index (χ3n) is 2.48. The van der Waals surface area contributed by atoms with Crippen LogP contribution < -0.4 is 5.32 Å². The molecule has 0 saturated heterocycles. The summed E-state index contributed by atoms with van der Waals surface area (Å²) < 4.78 is 14.3. The highest BCUT2D eigenvalue weighted by Crippen LogP contribution is 2.09. The zero-order valence-electron chi connectivity index (χ0n) is 13.9. The van der Waals surface area contributed by atoms with Gasteiger partial charge in [0.1, 0.15) is 0 Å². The first-order valence-corrected chi connectivity index (χ1v) is 8.02. The highest BCUT2D eigenvalue weighted by molar-refractivity contribution is 8.13. The molecule has 2 unspecified atom stereocenters. The SMILES string of the molecule is COC(=O)CC(CSC(C)=O)NC(=O)OC(C)OC(=O)C(C)C. The van der Waals surface area contributed by atoms with Crippen molar-refractivity contribution in [1.29, 1.82) is 0 Å². The Morgan fingerprint density at radius 2 is 1.70 bits per heavy atom. The molecule has 0 aliphatic carbocycles. The molecule has 8 nitrogen and oxygen atoms in total. The van der Waals surface area contributed by atoms with Crippen LogP contribution >= 0.6 is 11.8 Å². The Balaban J connectivity index is 4.47. The van der Waals surface area contributed by atoms with Crippen LogP contribution in [0, 0.1) is 5.92 Å². The van der Waals surface area contributed by atoms with Gasteiger partial charge in [0.2, 0.25) is 6.29 Å². The highest BCUT2D eigenvalue weighted by Gasteiger charge is 2.21. The summed E-state index contributed by atoms with van der Waals surface area (Å²) in [5.74, 6) is -1.18. The van der Waals surface area contributed by atoms with Gasteiger partial charge in [-0.15, -0.1) is 0 Å². The molecule has 0 aromatic carbocycles. The predicted octanol–water partition coefficient (Wildman–Crippen LogP) is 1.47. The average Bonchev–Trinajstić information content (AvgIpc) is 2.43. The minimum absolute atomic E-state index is 0.105. The lowest BCUT2D eigenvalue weighted by atomic mass is 10.2. The summed E-state index contributed by atoms with van der Waals surface area (Å²) in [6.45, 7) is 6.09. The van der Waals surface area contributed by atoms with E-state index in [2.05, 4.69) is 10.1 Å². The third-order valence-corrected chi connectivity index (χ3v) is 3.45. The van der Waals surface area contributed by atoms with E-state index >= 15 is 0 Å². The Bertz CT molecular complexity index is 439. The molecule has 0 aliphatic heterocycles. The first-order chi connectivity index (χ1) is 10.6. The maximum atomic E-state index is 11.8. The lowest BCUT2D eigenvalue weighted by molar-refractivity contribution is -0.168. The average molecular weight is 349 g/mol.